The zero-order valence-electron chi connectivity index (χ0n) is 11.0. The minimum absolute atomic E-state index is 0.180. The Morgan fingerprint density at radius 2 is 1.90 bits per heavy atom. The smallest absolute Gasteiger partial charge is 0.336 e. The molecule has 1 aromatic heterocycles. The Morgan fingerprint density at radius 1 is 1.14 bits per heavy atom. The van der Waals surface area contributed by atoms with E-state index in [-0.39, 0.29) is 11.3 Å². The first-order valence-corrected chi connectivity index (χ1v) is 6.39. The molecular formula is C16H13NO4. The van der Waals surface area contributed by atoms with E-state index in [9.17, 15) is 9.90 Å². The number of phenols is 1. The number of aromatic amines is 1. The van der Waals surface area contributed by atoms with E-state index in [1.807, 2.05) is 6.07 Å². The number of aromatic nitrogens is 1. The number of fused-ring (bicyclic) bond motifs is 1. The Kier molecular flexibility index (Phi) is 3.23. The lowest BCUT2D eigenvalue weighted by Gasteiger charge is -2.04. The predicted octanol–water partition coefficient (Wildman–Crippen LogP) is 3.15. The van der Waals surface area contributed by atoms with Crippen LogP contribution in [-0.4, -0.2) is 21.2 Å². The molecular weight excluding hydrogens is 270 g/mol. The lowest BCUT2D eigenvalue weighted by molar-refractivity contribution is 0.0699. The molecule has 0 saturated heterocycles. The molecule has 0 aliphatic heterocycles. The summed E-state index contributed by atoms with van der Waals surface area (Å²) in [5.41, 5.74) is 1.81. The van der Waals surface area contributed by atoms with Crippen LogP contribution in [0, 0.1) is 0 Å². The highest BCUT2D eigenvalue weighted by molar-refractivity contribution is 6.03. The molecule has 0 fully saturated rings. The number of H-pyrrole nitrogens is 1. The lowest BCUT2D eigenvalue weighted by atomic mass is 10.1. The van der Waals surface area contributed by atoms with Crippen LogP contribution in [0.4, 0.5) is 0 Å². The van der Waals surface area contributed by atoms with Crippen LogP contribution >= 0.6 is 0 Å². The van der Waals surface area contributed by atoms with Crippen molar-refractivity contribution in [2.45, 2.75) is 6.61 Å². The van der Waals surface area contributed by atoms with E-state index in [1.54, 1.807) is 42.5 Å². The lowest BCUT2D eigenvalue weighted by Crippen LogP contribution is -1.95. The average molecular weight is 283 g/mol. The molecule has 5 nitrogen and oxygen atoms in total. The summed E-state index contributed by atoms with van der Waals surface area (Å²) >= 11 is 0. The summed E-state index contributed by atoms with van der Waals surface area (Å²) in [6.07, 6.45) is 0. The molecule has 0 radical (unpaired) electrons. The van der Waals surface area contributed by atoms with Gasteiger partial charge in [0, 0.05) is 10.9 Å². The maximum absolute atomic E-state index is 11.2. The van der Waals surface area contributed by atoms with E-state index >= 15 is 0 Å². The first kappa shape index (κ1) is 13.1. The summed E-state index contributed by atoms with van der Waals surface area (Å²) in [5.74, 6) is -0.144. The Labute approximate surface area is 120 Å². The maximum atomic E-state index is 11.2. The van der Waals surface area contributed by atoms with Gasteiger partial charge in [0.05, 0.1) is 11.3 Å². The number of hydrogen-bond donors (Lipinski definition) is 3. The second-order valence-corrected chi connectivity index (χ2v) is 4.65. The number of aromatic hydroxyl groups is 1. The number of carboxylic acids is 1. The van der Waals surface area contributed by atoms with E-state index in [2.05, 4.69) is 4.98 Å². The Balaban J connectivity index is 1.83. The van der Waals surface area contributed by atoms with Gasteiger partial charge in [-0.25, -0.2) is 4.79 Å². The molecule has 0 atom stereocenters. The summed E-state index contributed by atoms with van der Waals surface area (Å²) < 4.78 is 5.59. The molecule has 0 amide bonds. The first-order valence-electron chi connectivity index (χ1n) is 6.39. The highest BCUT2D eigenvalue weighted by Gasteiger charge is 2.10. The molecule has 0 bridgehead atoms. The number of carboxylic acid groups (broad SMARTS) is 1. The van der Waals surface area contributed by atoms with E-state index in [0.29, 0.717) is 17.7 Å². The van der Waals surface area contributed by atoms with Crippen molar-refractivity contribution >= 4 is 16.9 Å². The molecule has 3 aromatic rings. The molecule has 0 unspecified atom stereocenters. The average Bonchev–Trinajstić information content (AvgIpc) is 2.89. The van der Waals surface area contributed by atoms with Gasteiger partial charge in [-0.1, -0.05) is 6.07 Å². The third kappa shape index (κ3) is 2.67. The molecule has 0 aliphatic rings. The van der Waals surface area contributed by atoms with Gasteiger partial charge in [0.2, 0.25) is 0 Å². The zero-order chi connectivity index (χ0) is 14.8. The number of ether oxygens (including phenoxy) is 1. The molecule has 2 aromatic carbocycles. The van der Waals surface area contributed by atoms with Crippen molar-refractivity contribution < 1.29 is 19.7 Å². The summed E-state index contributed by atoms with van der Waals surface area (Å²) in [7, 11) is 0. The van der Waals surface area contributed by atoms with Gasteiger partial charge in [0.1, 0.15) is 18.1 Å². The molecule has 5 heteroatoms. The molecule has 0 spiro atoms. The van der Waals surface area contributed by atoms with E-state index in [0.717, 1.165) is 11.2 Å². The quantitative estimate of drug-likeness (QED) is 0.687. The summed E-state index contributed by atoms with van der Waals surface area (Å²) in [5, 5.41) is 19.0. The number of nitrogens with one attached hydrogen (secondary N) is 1. The van der Waals surface area contributed by atoms with Gasteiger partial charge in [-0.05, 0) is 42.5 Å². The molecule has 0 aliphatic carbocycles. The molecule has 106 valence electrons. The normalized spacial score (nSPS) is 10.7. The van der Waals surface area contributed by atoms with E-state index in [1.165, 1.54) is 0 Å². The van der Waals surface area contributed by atoms with Gasteiger partial charge in [-0.3, -0.25) is 0 Å². The number of rotatable bonds is 4. The minimum Gasteiger partial charge on any atom is -0.508 e. The van der Waals surface area contributed by atoms with Gasteiger partial charge in [-0.15, -0.1) is 0 Å². The van der Waals surface area contributed by atoms with Gasteiger partial charge in [0.15, 0.2) is 0 Å². The Morgan fingerprint density at radius 3 is 2.62 bits per heavy atom. The van der Waals surface area contributed by atoms with Gasteiger partial charge in [0.25, 0.3) is 0 Å². The molecule has 1 heterocycles. The van der Waals surface area contributed by atoms with Crippen LogP contribution in [-0.2, 0) is 6.61 Å². The number of carbonyl (C=O) groups is 1. The Bertz CT molecular complexity index is 790. The predicted molar refractivity (Wildman–Crippen MR) is 77.7 cm³/mol. The number of benzene rings is 2. The highest BCUT2D eigenvalue weighted by Crippen LogP contribution is 2.22. The van der Waals surface area contributed by atoms with Crippen molar-refractivity contribution in [3.8, 4) is 11.5 Å². The number of phenolic OH excluding ortho intramolecular Hbond substituents is 1. The summed E-state index contributed by atoms with van der Waals surface area (Å²) in [6.45, 7) is 0.290. The van der Waals surface area contributed by atoms with E-state index in [4.69, 9.17) is 9.84 Å². The summed E-state index contributed by atoms with van der Waals surface area (Å²) in [6, 6.07) is 13.3. The second-order valence-electron chi connectivity index (χ2n) is 4.65. The van der Waals surface area contributed by atoms with Crippen molar-refractivity contribution in [2.24, 2.45) is 0 Å². The fourth-order valence-electron chi connectivity index (χ4n) is 2.18. The van der Waals surface area contributed by atoms with E-state index < -0.39 is 5.97 Å². The van der Waals surface area contributed by atoms with Crippen LogP contribution in [0.2, 0.25) is 0 Å². The van der Waals surface area contributed by atoms with Crippen LogP contribution in [0.3, 0.4) is 0 Å². The largest absolute Gasteiger partial charge is 0.508 e. The Hall–Kier alpha value is -2.95. The van der Waals surface area contributed by atoms with Crippen LogP contribution in [0.1, 0.15) is 16.1 Å². The van der Waals surface area contributed by atoms with Gasteiger partial charge >= 0.3 is 5.97 Å². The third-order valence-corrected chi connectivity index (χ3v) is 3.18. The minimum atomic E-state index is -0.953. The monoisotopic (exact) mass is 283 g/mol. The van der Waals surface area contributed by atoms with Gasteiger partial charge < -0.3 is 19.9 Å². The van der Waals surface area contributed by atoms with Crippen molar-refractivity contribution in [3.05, 3.63) is 59.8 Å². The van der Waals surface area contributed by atoms with Crippen molar-refractivity contribution in [1.82, 2.24) is 4.98 Å². The van der Waals surface area contributed by atoms with Crippen LogP contribution in [0.25, 0.3) is 10.9 Å². The molecule has 0 saturated carbocycles. The fraction of sp³-hybridized carbons (Fsp3) is 0.0625. The van der Waals surface area contributed by atoms with Gasteiger partial charge in [-0.2, -0.15) is 0 Å². The maximum Gasteiger partial charge on any atom is 0.336 e. The van der Waals surface area contributed by atoms with Crippen molar-refractivity contribution in [3.63, 3.8) is 0 Å². The van der Waals surface area contributed by atoms with Crippen LogP contribution in [0.5, 0.6) is 11.5 Å². The van der Waals surface area contributed by atoms with Crippen molar-refractivity contribution in [2.75, 3.05) is 0 Å². The van der Waals surface area contributed by atoms with Crippen LogP contribution in [0.15, 0.2) is 48.5 Å². The zero-order valence-corrected chi connectivity index (χ0v) is 11.0. The topological polar surface area (TPSA) is 82.5 Å². The third-order valence-electron chi connectivity index (χ3n) is 3.18. The molecule has 21 heavy (non-hydrogen) atoms. The fourth-order valence-corrected chi connectivity index (χ4v) is 2.18. The molecule has 3 N–H and O–H groups in total. The van der Waals surface area contributed by atoms with Crippen LogP contribution < -0.4 is 4.74 Å². The second kappa shape index (κ2) is 5.20. The highest BCUT2D eigenvalue weighted by atomic mass is 16.5. The first-order chi connectivity index (χ1) is 10.1. The van der Waals surface area contributed by atoms with Crippen molar-refractivity contribution in [1.29, 1.82) is 0 Å². The standard InChI is InChI=1S/C16H13NO4/c18-11-4-6-12(7-5-11)21-9-10-8-14-13(16(19)20)2-1-3-15(14)17-10/h1-8,17-18H,9H2,(H,19,20). The SMILES string of the molecule is O=C(O)c1cccc2[nH]c(COc3ccc(O)cc3)cc12. The number of aromatic carboxylic acids is 1. The summed E-state index contributed by atoms with van der Waals surface area (Å²) in [4.78, 5) is 14.3. The number of hydrogen-bond acceptors (Lipinski definition) is 3. The molecule has 3 rings (SSSR count).